The van der Waals surface area contributed by atoms with Crippen LogP contribution in [0.4, 0.5) is 0 Å². The number of aldehydes is 1. The first-order valence-electron chi connectivity index (χ1n) is 7.68. The fourth-order valence-electron chi connectivity index (χ4n) is 2.38. The third-order valence-corrected chi connectivity index (χ3v) is 5.44. The highest BCUT2D eigenvalue weighted by atomic mass is 79.9. The van der Waals surface area contributed by atoms with Gasteiger partial charge in [0.15, 0.2) is 28.1 Å². The quantitative estimate of drug-likeness (QED) is 0.509. The first kappa shape index (κ1) is 18.5. The average Bonchev–Trinajstić information content (AvgIpc) is 3.24. The minimum atomic E-state index is 0.250. The molecular weight excluding hydrogens is 422 g/mol. The molecule has 0 spiro atoms. The van der Waals surface area contributed by atoms with E-state index in [1.807, 2.05) is 23.6 Å². The van der Waals surface area contributed by atoms with Crippen LogP contribution in [0.25, 0.3) is 11.4 Å². The molecule has 0 atom stereocenters. The Kier molecular flexibility index (Phi) is 5.67. The summed E-state index contributed by atoms with van der Waals surface area (Å²) in [6.45, 7) is 2.66. The first-order chi connectivity index (χ1) is 12.6. The van der Waals surface area contributed by atoms with Crippen LogP contribution in [0.15, 0.2) is 43.4 Å². The lowest BCUT2D eigenvalue weighted by Crippen LogP contribution is -2.00. The van der Waals surface area contributed by atoms with E-state index in [1.54, 1.807) is 26.4 Å². The third kappa shape index (κ3) is 3.63. The number of nitrogens with zero attached hydrogens (tertiary/aromatic N) is 3. The topological polar surface area (TPSA) is 79.4 Å². The third-order valence-electron chi connectivity index (χ3n) is 3.62. The van der Waals surface area contributed by atoms with Crippen molar-refractivity contribution < 1.29 is 18.7 Å². The summed E-state index contributed by atoms with van der Waals surface area (Å²) in [5, 5.41) is 9.78. The van der Waals surface area contributed by atoms with Gasteiger partial charge in [0.25, 0.3) is 0 Å². The molecule has 0 saturated heterocycles. The van der Waals surface area contributed by atoms with Crippen molar-refractivity contribution in [2.24, 2.45) is 0 Å². The predicted molar refractivity (Wildman–Crippen MR) is 100 cm³/mol. The second-order valence-electron chi connectivity index (χ2n) is 5.16. The van der Waals surface area contributed by atoms with Gasteiger partial charge in [-0.15, -0.1) is 10.2 Å². The monoisotopic (exact) mass is 437 g/mol. The smallest absolute Gasteiger partial charge is 0.199 e. The Bertz CT molecular complexity index is 916. The number of carbonyl (C=O) groups is 1. The zero-order valence-electron chi connectivity index (χ0n) is 14.4. The van der Waals surface area contributed by atoms with Crippen molar-refractivity contribution in [3.05, 3.63) is 34.5 Å². The lowest BCUT2D eigenvalue weighted by atomic mass is 10.2. The Morgan fingerprint density at radius 2 is 1.88 bits per heavy atom. The number of methoxy groups -OCH3 is 2. The molecule has 7 nitrogen and oxygen atoms in total. The van der Waals surface area contributed by atoms with Gasteiger partial charge >= 0.3 is 0 Å². The van der Waals surface area contributed by atoms with Crippen LogP contribution < -0.4 is 9.47 Å². The molecule has 0 amide bonds. The van der Waals surface area contributed by atoms with Crippen LogP contribution in [0.3, 0.4) is 0 Å². The lowest BCUT2D eigenvalue weighted by Gasteiger charge is -2.10. The number of rotatable bonds is 7. The number of carbonyl (C=O) groups excluding carboxylic acids is 1. The summed E-state index contributed by atoms with van der Waals surface area (Å²) in [7, 11) is 3.20. The molecule has 0 saturated carbocycles. The van der Waals surface area contributed by atoms with E-state index in [4.69, 9.17) is 13.9 Å². The van der Waals surface area contributed by atoms with Crippen LogP contribution in [0, 0.1) is 0 Å². The molecule has 0 unspecified atom stereocenters. The van der Waals surface area contributed by atoms with E-state index in [2.05, 4.69) is 26.1 Å². The maximum atomic E-state index is 10.9. The van der Waals surface area contributed by atoms with E-state index in [9.17, 15) is 4.79 Å². The van der Waals surface area contributed by atoms with Gasteiger partial charge in [0.05, 0.1) is 18.7 Å². The van der Waals surface area contributed by atoms with Crippen LogP contribution in [0.5, 0.6) is 11.5 Å². The molecule has 26 heavy (non-hydrogen) atoms. The average molecular weight is 438 g/mol. The van der Waals surface area contributed by atoms with E-state index in [-0.39, 0.29) is 5.76 Å². The molecule has 2 aromatic heterocycles. The van der Waals surface area contributed by atoms with Crippen LogP contribution in [-0.4, -0.2) is 35.3 Å². The molecule has 1 aromatic carbocycles. The second kappa shape index (κ2) is 7.96. The standard InChI is InChI=1S/C17H16BrN3O4S/c1-4-21-15(10-5-11(23-2)7-12(6-10)24-3)19-20-17(21)26-16-14(18)8-13(9-22)25-16/h5-9H,4H2,1-3H3. The van der Waals surface area contributed by atoms with Gasteiger partial charge < -0.3 is 18.5 Å². The van der Waals surface area contributed by atoms with Crippen molar-refractivity contribution in [3.8, 4) is 22.9 Å². The Labute approximate surface area is 162 Å². The van der Waals surface area contributed by atoms with Crippen molar-refractivity contribution in [1.82, 2.24) is 14.8 Å². The van der Waals surface area contributed by atoms with Gasteiger partial charge in [-0.25, -0.2) is 0 Å². The number of furan rings is 1. The van der Waals surface area contributed by atoms with E-state index in [0.29, 0.717) is 44.9 Å². The summed E-state index contributed by atoms with van der Waals surface area (Å²) in [6.07, 6.45) is 0.660. The zero-order valence-corrected chi connectivity index (χ0v) is 16.8. The highest BCUT2D eigenvalue weighted by molar-refractivity contribution is 9.10. The van der Waals surface area contributed by atoms with E-state index in [1.165, 1.54) is 11.8 Å². The van der Waals surface area contributed by atoms with Crippen molar-refractivity contribution in [3.63, 3.8) is 0 Å². The Balaban J connectivity index is 2.00. The van der Waals surface area contributed by atoms with Crippen molar-refractivity contribution in [2.45, 2.75) is 23.7 Å². The largest absolute Gasteiger partial charge is 0.497 e. The molecule has 3 rings (SSSR count). The maximum Gasteiger partial charge on any atom is 0.199 e. The van der Waals surface area contributed by atoms with Gasteiger partial charge in [0.2, 0.25) is 0 Å². The van der Waals surface area contributed by atoms with Gasteiger partial charge in [0, 0.05) is 24.2 Å². The second-order valence-corrected chi connectivity index (χ2v) is 6.95. The summed E-state index contributed by atoms with van der Waals surface area (Å²) in [5.74, 6) is 2.28. The van der Waals surface area contributed by atoms with Gasteiger partial charge in [0.1, 0.15) is 11.5 Å². The molecule has 0 fully saturated rings. The SMILES string of the molecule is CCn1c(Sc2oc(C=O)cc2Br)nnc1-c1cc(OC)cc(OC)c1. The molecule has 2 heterocycles. The van der Waals surface area contributed by atoms with Crippen molar-refractivity contribution in [2.75, 3.05) is 14.2 Å². The minimum absolute atomic E-state index is 0.250. The van der Waals surface area contributed by atoms with E-state index < -0.39 is 0 Å². The lowest BCUT2D eigenvalue weighted by molar-refractivity contribution is 0.109. The number of ether oxygens (including phenoxy) is 2. The molecule has 0 N–H and O–H groups in total. The molecule has 0 bridgehead atoms. The fourth-order valence-corrected chi connectivity index (χ4v) is 3.80. The normalized spacial score (nSPS) is 10.8. The predicted octanol–water partition coefficient (Wildman–Crippen LogP) is 4.30. The van der Waals surface area contributed by atoms with Gasteiger partial charge in [-0.1, -0.05) is 0 Å². The first-order valence-corrected chi connectivity index (χ1v) is 9.29. The molecule has 0 aliphatic heterocycles. The molecular formula is C17H16BrN3O4S. The highest BCUT2D eigenvalue weighted by Gasteiger charge is 2.19. The minimum Gasteiger partial charge on any atom is -0.497 e. The van der Waals surface area contributed by atoms with Crippen LogP contribution in [0.1, 0.15) is 17.5 Å². The molecule has 0 aliphatic rings. The van der Waals surface area contributed by atoms with Gasteiger partial charge in [-0.2, -0.15) is 0 Å². The summed E-state index contributed by atoms with van der Waals surface area (Å²) in [4.78, 5) is 10.9. The van der Waals surface area contributed by atoms with E-state index >= 15 is 0 Å². The summed E-state index contributed by atoms with van der Waals surface area (Å²) in [6, 6.07) is 7.17. The van der Waals surface area contributed by atoms with Crippen molar-refractivity contribution in [1.29, 1.82) is 0 Å². The summed E-state index contributed by atoms with van der Waals surface area (Å²) in [5.41, 5.74) is 0.828. The zero-order chi connectivity index (χ0) is 18.7. The van der Waals surface area contributed by atoms with Crippen molar-refractivity contribution >= 4 is 34.0 Å². The van der Waals surface area contributed by atoms with Crippen LogP contribution in [0.2, 0.25) is 0 Å². The summed E-state index contributed by atoms with van der Waals surface area (Å²) >= 11 is 4.68. The molecule has 136 valence electrons. The van der Waals surface area contributed by atoms with Crippen LogP contribution >= 0.6 is 27.7 Å². The number of benzene rings is 1. The van der Waals surface area contributed by atoms with Crippen LogP contribution in [-0.2, 0) is 6.54 Å². The fraction of sp³-hybridized carbons (Fsp3) is 0.235. The Morgan fingerprint density at radius 1 is 1.19 bits per heavy atom. The number of hydrogen-bond acceptors (Lipinski definition) is 7. The van der Waals surface area contributed by atoms with E-state index in [0.717, 1.165) is 5.56 Å². The Morgan fingerprint density at radius 3 is 2.42 bits per heavy atom. The maximum absolute atomic E-state index is 10.9. The van der Waals surface area contributed by atoms with Gasteiger partial charge in [-0.05, 0) is 46.7 Å². The number of halogens is 1. The Hall–Kier alpha value is -2.26. The van der Waals surface area contributed by atoms with Gasteiger partial charge in [-0.3, -0.25) is 4.79 Å². The molecule has 9 heteroatoms. The molecule has 0 radical (unpaired) electrons. The molecule has 3 aromatic rings. The number of hydrogen-bond donors (Lipinski definition) is 0. The highest BCUT2D eigenvalue weighted by Crippen LogP contribution is 2.37. The number of aromatic nitrogens is 3. The molecule has 0 aliphatic carbocycles. The summed E-state index contributed by atoms with van der Waals surface area (Å²) < 4.78 is 18.8.